The van der Waals surface area contributed by atoms with Crippen LogP contribution in [0.2, 0.25) is 0 Å². The number of anilines is 3. The minimum Gasteiger partial charge on any atom is -0.385 e. The van der Waals surface area contributed by atoms with Crippen molar-refractivity contribution in [2.45, 2.75) is 19.3 Å². The van der Waals surface area contributed by atoms with Crippen LogP contribution in [-0.2, 0) is 4.74 Å². The van der Waals surface area contributed by atoms with E-state index in [0.717, 1.165) is 31.2 Å². The molecule has 6 heteroatoms. The lowest BCUT2D eigenvalue weighted by Gasteiger charge is -2.16. The molecule has 1 aliphatic carbocycles. The summed E-state index contributed by atoms with van der Waals surface area (Å²) in [5, 5.41) is 6.31. The third-order valence-corrected chi connectivity index (χ3v) is 3.44. The Bertz CT molecular complexity index is 405. The minimum absolute atomic E-state index is 0.283. The lowest BCUT2D eigenvalue weighted by Crippen LogP contribution is -2.18. The van der Waals surface area contributed by atoms with Gasteiger partial charge in [-0.1, -0.05) is 0 Å². The van der Waals surface area contributed by atoms with Crippen LogP contribution < -0.4 is 16.4 Å². The molecule has 0 unspecified atom stereocenters. The fraction of sp³-hybridized carbons (Fsp3) is 0.667. The van der Waals surface area contributed by atoms with Gasteiger partial charge in [-0.2, -0.15) is 9.97 Å². The van der Waals surface area contributed by atoms with Crippen LogP contribution in [0.25, 0.3) is 0 Å². The van der Waals surface area contributed by atoms with Crippen LogP contribution in [0.3, 0.4) is 0 Å². The summed E-state index contributed by atoms with van der Waals surface area (Å²) < 4.78 is 5.14. The number of hydrogen-bond acceptors (Lipinski definition) is 6. The van der Waals surface area contributed by atoms with Gasteiger partial charge in [-0.3, -0.25) is 0 Å². The number of nitrogen functional groups attached to an aromatic ring is 1. The predicted molar refractivity (Wildman–Crippen MR) is 72.6 cm³/mol. The SMILES string of the molecule is CNc1cc(NCC2(CCOC)CC2)nc(N)n1. The normalized spacial score (nSPS) is 16.3. The zero-order valence-electron chi connectivity index (χ0n) is 11.0. The summed E-state index contributed by atoms with van der Waals surface area (Å²) in [7, 11) is 3.56. The van der Waals surface area contributed by atoms with E-state index in [1.165, 1.54) is 12.8 Å². The Kier molecular flexibility index (Phi) is 3.86. The molecule has 6 nitrogen and oxygen atoms in total. The van der Waals surface area contributed by atoms with E-state index in [1.54, 1.807) is 7.11 Å². The molecule has 0 saturated heterocycles. The molecule has 0 atom stereocenters. The van der Waals surface area contributed by atoms with E-state index in [9.17, 15) is 0 Å². The maximum atomic E-state index is 5.65. The topological polar surface area (TPSA) is 85.1 Å². The number of ether oxygens (including phenoxy) is 1. The number of nitrogens with two attached hydrogens (primary N) is 1. The van der Waals surface area contributed by atoms with E-state index in [4.69, 9.17) is 10.5 Å². The average Bonchev–Trinajstić information content (AvgIpc) is 3.14. The fourth-order valence-corrected chi connectivity index (χ4v) is 1.97. The molecule has 0 spiro atoms. The molecule has 1 saturated carbocycles. The minimum atomic E-state index is 0.283. The molecular formula is C12H21N5O. The second-order valence-electron chi connectivity index (χ2n) is 4.84. The van der Waals surface area contributed by atoms with E-state index in [0.29, 0.717) is 5.41 Å². The Morgan fingerprint density at radius 1 is 1.39 bits per heavy atom. The summed E-state index contributed by atoms with van der Waals surface area (Å²) in [5.74, 6) is 1.79. The van der Waals surface area contributed by atoms with Crippen molar-refractivity contribution in [1.82, 2.24) is 9.97 Å². The first-order valence-electron chi connectivity index (χ1n) is 6.23. The molecule has 1 fully saturated rings. The summed E-state index contributed by atoms with van der Waals surface area (Å²) >= 11 is 0. The molecule has 1 aliphatic rings. The summed E-state index contributed by atoms with van der Waals surface area (Å²) in [6.07, 6.45) is 3.60. The zero-order chi connectivity index (χ0) is 13.0. The van der Waals surface area contributed by atoms with Crippen LogP contribution in [-0.4, -0.2) is 37.3 Å². The molecule has 4 N–H and O–H groups in total. The Hall–Kier alpha value is -1.56. The molecular weight excluding hydrogens is 230 g/mol. The van der Waals surface area contributed by atoms with Crippen LogP contribution in [0.4, 0.5) is 17.6 Å². The van der Waals surface area contributed by atoms with Crippen molar-refractivity contribution < 1.29 is 4.74 Å². The van der Waals surface area contributed by atoms with Gasteiger partial charge in [0.25, 0.3) is 0 Å². The molecule has 18 heavy (non-hydrogen) atoms. The highest BCUT2D eigenvalue weighted by Crippen LogP contribution is 2.48. The van der Waals surface area contributed by atoms with Gasteiger partial charge >= 0.3 is 0 Å². The van der Waals surface area contributed by atoms with E-state index >= 15 is 0 Å². The zero-order valence-corrected chi connectivity index (χ0v) is 11.0. The number of rotatable bonds is 7. The molecule has 1 aromatic rings. The lowest BCUT2D eigenvalue weighted by atomic mass is 10.0. The van der Waals surface area contributed by atoms with Crippen molar-refractivity contribution in [2.75, 3.05) is 43.7 Å². The molecule has 0 amide bonds. The van der Waals surface area contributed by atoms with Gasteiger partial charge in [-0.25, -0.2) is 0 Å². The van der Waals surface area contributed by atoms with Crippen LogP contribution in [0, 0.1) is 5.41 Å². The van der Waals surface area contributed by atoms with Gasteiger partial charge in [-0.15, -0.1) is 0 Å². The highest BCUT2D eigenvalue weighted by atomic mass is 16.5. The summed E-state index contributed by atoms with van der Waals surface area (Å²) in [4.78, 5) is 8.23. The predicted octanol–water partition coefficient (Wildman–Crippen LogP) is 1.33. The molecule has 0 aromatic carbocycles. The number of hydrogen-bond donors (Lipinski definition) is 3. The first-order valence-corrected chi connectivity index (χ1v) is 6.23. The van der Waals surface area contributed by atoms with Crippen LogP contribution >= 0.6 is 0 Å². The van der Waals surface area contributed by atoms with Gasteiger partial charge in [-0.05, 0) is 24.7 Å². The van der Waals surface area contributed by atoms with Crippen molar-refractivity contribution in [1.29, 1.82) is 0 Å². The van der Waals surface area contributed by atoms with Gasteiger partial charge in [0.1, 0.15) is 11.6 Å². The van der Waals surface area contributed by atoms with Crippen molar-refractivity contribution in [2.24, 2.45) is 5.41 Å². The highest BCUT2D eigenvalue weighted by molar-refractivity contribution is 5.50. The standard InChI is InChI=1S/C12H21N5O/c1-14-9-7-10(17-11(13)16-9)15-8-12(3-4-12)5-6-18-2/h7H,3-6,8H2,1-2H3,(H4,13,14,15,16,17). The quantitative estimate of drug-likeness (QED) is 0.678. The van der Waals surface area contributed by atoms with Crippen molar-refractivity contribution >= 4 is 17.6 Å². The molecule has 0 aliphatic heterocycles. The molecule has 100 valence electrons. The van der Waals surface area contributed by atoms with Crippen molar-refractivity contribution in [3.63, 3.8) is 0 Å². The van der Waals surface area contributed by atoms with Gasteiger partial charge in [0, 0.05) is 33.4 Å². The summed E-state index contributed by atoms with van der Waals surface area (Å²) in [6, 6.07) is 1.86. The van der Waals surface area contributed by atoms with Crippen LogP contribution in [0.1, 0.15) is 19.3 Å². The monoisotopic (exact) mass is 251 g/mol. The number of nitrogens with zero attached hydrogens (tertiary/aromatic N) is 2. The molecule has 0 radical (unpaired) electrons. The van der Waals surface area contributed by atoms with Crippen LogP contribution in [0.5, 0.6) is 0 Å². The third-order valence-electron chi connectivity index (χ3n) is 3.44. The third kappa shape index (κ3) is 3.22. The second kappa shape index (κ2) is 5.39. The van der Waals surface area contributed by atoms with Gasteiger partial charge in [0.2, 0.25) is 5.95 Å². The van der Waals surface area contributed by atoms with E-state index in [2.05, 4.69) is 20.6 Å². The van der Waals surface area contributed by atoms with E-state index in [1.807, 2.05) is 13.1 Å². The summed E-state index contributed by atoms with van der Waals surface area (Å²) in [6.45, 7) is 1.73. The summed E-state index contributed by atoms with van der Waals surface area (Å²) in [5.41, 5.74) is 6.03. The highest BCUT2D eigenvalue weighted by Gasteiger charge is 2.41. The van der Waals surface area contributed by atoms with E-state index in [-0.39, 0.29) is 5.95 Å². The smallest absolute Gasteiger partial charge is 0.223 e. The molecule has 0 bridgehead atoms. The second-order valence-corrected chi connectivity index (χ2v) is 4.84. The lowest BCUT2D eigenvalue weighted by molar-refractivity contribution is 0.175. The Labute approximate surface area is 107 Å². The molecule has 1 heterocycles. The Morgan fingerprint density at radius 3 is 2.72 bits per heavy atom. The first kappa shape index (κ1) is 12.9. The van der Waals surface area contributed by atoms with Crippen molar-refractivity contribution in [3.8, 4) is 0 Å². The van der Waals surface area contributed by atoms with Gasteiger partial charge in [0.05, 0.1) is 0 Å². The molecule has 1 aromatic heterocycles. The van der Waals surface area contributed by atoms with E-state index < -0.39 is 0 Å². The number of aromatic nitrogens is 2. The Balaban J connectivity index is 1.92. The number of methoxy groups -OCH3 is 1. The van der Waals surface area contributed by atoms with Gasteiger partial charge < -0.3 is 21.1 Å². The maximum Gasteiger partial charge on any atom is 0.223 e. The van der Waals surface area contributed by atoms with Crippen molar-refractivity contribution in [3.05, 3.63) is 6.07 Å². The fourth-order valence-electron chi connectivity index (χ4n) is 1.97. The average molecular weight is 251 g/mol. The number of nitrogens with one attached hydrogen (secondary N) is 2. The molecule has 2 rings (SSSR count). The maximum absolute atomic E-state index is 5.65. The van der Waals surface area contributed by atoms with Gasteiger partial charge in [0.15, 0.2) is 0 Å². The Morgan fingerprint density at radius 2 is 2.11 bits per heavy atom. The van der Waals surface area contributed by atoms with Crippen LogP contribution in [0.15, 0.2) is 6.07 Å². The largest absolute Gasteiger partial charge is 0.385 e. The first-order chi connectivity index (χ1) is 8.67.